The number of hydrogen-bond acceptors (Lipinski definition) is 1. The van der Waals surface area contributed by atoms with Crippen LogP contribution in [0.15, 0.2) is 0 Å². The van der Waals surface area contributed by atoms with Crippen molar-refractivity contribution in [3.05, 3.63) is 61.2 Å². The molecule has 0 amide bonds. The molecule has 0 spiro atoms. The molecular weight excluding hydrogens is 376 g/mol. The fraction of sp³-hybridized carbons (Fsp3) is 0.533. The predicted molar refractivity (Wildman–Crippen MR) is 133 cm³/mol. The van der Waals surface area contributed by atoms with E-state index in [9.17, 15) is 5.11 Å². The second kappa shape index (κ2) is 9.12. The fourth-order valence-electron chi connectivity index (χ4n) is 5.27. The van der Waals surface area contributed by atoms with Gasteiger partial charge in [-0.2, -0.15) is 0 Å². The maximum Gasteiger partial charge on any atom is 0.122 e. The second-order valence-electron chi connectivity index (χ2n) is 9.86. The van der Waals surface area contributed by atoms with Gasteiger partial charge in [-0.15, -0.1) is 0 Å². The van der Waals surface area contributed by atoms with Gasteiger partial charge in [-0.25, -0.2) is 0 Å². The average molecular weight is 417 g/mol. The lowest BCUT2D eigenvalue weighted by Gasteiger charge is -2.18. The molecule has 2 aromatic carbocycles. The summed E-state index contributed by atoms with van der Waals surface area (Å²) in [4.78, 5) is 0. The first kappa shape index (κ1) is 23.5. The van der Waals surface area contributed by atoms with Crippen LogP contribution < -0.4 is 0 Å². The van der Waals surface area contributed by atoms with Crippen molar-refractivity contribution in [1.82, 2.24) is 0 Å². The Balaban J connectivity index is 2.00. The Morgan fingerprint density at radius 2 is 1.13 bits per heavy atom. The van der Waals surface area contributed by atoms with Crippen molar-refractivity contribution < 1.29 is 5.11 Å². The van der Waals surface area contributed by atoms with Gasteiger partial charge in [0.25, 0.3) is 0 Å². The Morgan fingerprint density at radius 3 is 1.58 bits per heavy atom. The van der Waals surface area contributed by atoms with Crippen LogP contribution in [0.4, 0.5) is 0 Å². The maximum atomic E-state index is 10.4. The number of phenolic OH excluding ortho intramolecular Hbond substituents is 1. The van der Waals surface area contributed by atoms with Gasteiger partial charge in [0.05, 0.1) is 0 Å². The Morgan fingerprint density at radius 1 is 0.677 bits per heavy atom. The van der Waals surface area contributed by atoms with E-state index in [0.29, 0.717) is 5.75 Å². The monoisotopic (exact) mass is 416 g/mol. The van der Waals surface area contributed by atoms with E-state index in [-0.39, 0.29) is 0 Å². The van der Waals surface area contributed by atoms with E-state index in [4.69, 9.17) is 0 Å². The van der Waals surface area contributed by atoms with Crippen LogP contribution in [0.25, 0.3) is 0 Å². The minimum Gasteiger partial charge on any atom is -0.507 e. The molecule has 1 aliphatic carbocycles. The van der Waals surface area contributed by atoms with Crippen molar-refractivity contribution in [3.63, 3.8) is 0 Å². The molecule has 0 radical (unpaired) electrons. The molecule has 0 saturated heterocycles. The van der Waals surface area contributed by atoms with Crippen molar-refractivity contribution in [2.24, 2.45) is 5.92 Å². The van der Waals surface area contributed by atoms with Crippen LogP contribution >= 0.6 is 0 Å². The number of unbranched alkanes of at least 4 members (excludes halogenated alkanes) is 2. The van der Waals surface area contributed by atoms with Gasteiger partial charge >= 0.3 is 0 Å². The number of hydrogen-bond donors (Lipinski definition) is 1. The summed E-state index contributed by atoms with van der Waals surface area (Å²) in [5.41, 5.74) is 13.5. The zero-order chi connectivity index (χ0) is 23.0. The Hall–Kier alpha value is -2.20. The van der Waals surface area contributed by atoms with Crippen molar-refractivity contribution in [1.29, 1.82) is 0 Å². The molecule has 31 heavy (non-hydrogen) atoms. The summed E-state index contributed by atoms with van der Waals surface area (Å²) in [6.45, 7) is 19.5. The first-order valence-electron chi connectivity index (χ1n) is 12.0. The van der Waals surface area contributed by atoms with Gasteiger partial charge < -0.3 is 5.11 Å². The van der Waals surface area contributed by atoms with Gasteiger partial charge in [0, 0.05) is 11.1 Å². The molecular formula is C30H40O. The highest BCUT2D eigenvalue weighted by Gasteiger charge is 2.39. The highest BCUT2D eigenvalue weighted by Crippen LogP contribution is 2.53. The minimum atomic E-state index is 0.405. The van der Waals surface area contributed by atoms with Crippen LogP contribution in [-0.4, -0.2) is 5.11 Å². The standard InChI is InChI=1S/C30H40O/c1-10-11-12-13-25-16-28(25)29-21(6)17(2)26(18(3)22(29)7)14-15-27-19(4)23(8)30(31)24(9)20(27)5/h25,28,31H,10-13,16H2,1-9H3. The molecule has 1 nitrogen and oxygen atoms in total. The fourth-order valence-corrected chi connectivity index (χ4v) is 5.27. The Bertz CT molecular complexity index is 1020. The van der Waals surface area contributed by atoms with Crippen LogP contribution in [0.1, 0.15) is 106 Å². The van der Waals surface area contributed by atoms with E-state index in [1.54, 1.807) is 5.56 Å². The average Bonchev–Trinajstić information content (AvgIpc) is 3.50. The summed E-state index contributed by atoms with van der Waals surface area (Å²) in [5.74, 6) is 9.07. The molecule has 2 aromatic rings. The Labute approximate surface area is 190 Å². The lowest BCUT2D eigenvalue weighted by atomic mass is 9.86. The van der Waals surface area contributed by atoms with Crippen molar-refractivity contribution in [2.45, 2.75) is 100 Å². The molecule has 1 fully saturated rings. The van der Waals surface area contributed by atoms with Crippen molar-refractivity contribution >= 4 is 0 Å². The zero-order valence-electron chi connectivity index (χ0n) is 21.1. The maximum absolute atomic E-state index is 10.4. The molecule has 2 atom stereocenters. The summed E-state index contributed by atoms with van der Waals surface area (Å²) >= 11 is 0. The molecule has 1 aliphatic rings. The molecule has 1 heteroatoms. The molecule has 1 N–H and O–H groups in total. The largest absolute Gasteiger partial charge is 0.507 e. The van der Waals surface area contributed by atoms with Gasteiger partial charge in [-0.3, -0.25) is 0 Å². The van der Waals surface area contributed by atoms with Crippen LogP contribution in [0.2, 0.25) is 0 Å². The molecule has 2 unspecified atom stereocenters. The second-order valence-corrected chi connectivity index (χ2v) is 9.86. The zero-order valence-corrected chi connectivity index (χ0v) is 21.1. The summed E-state index contributed by atoms with van der Waals surface area (Å²) in [7, 11) is 0. The highest BCUT2D eigenvalue weighted by molar-refractivity contribution is 5.63. The van der Waals surface area contributed by atoms with Gasteiger partial charge in [0.2, 0.25) is 0 Å². The van der Waals surface area contributed by atoms with Crippen molar-refractivity contribution in [3.8, 4) is 17.6 Å². The van der Waals surface area contributed by atoms with Gasteiger partial charge in [-0.1, -0.05) is 38.0 Å². The molecule has 0 heterocycles. The third-order valence-corrected chi connectivity index (χ3v) is 8.05. The summed E-state index contributed by atoms with van der Waals surface area (Å²) < 4.78 is 0. The van der Waals surface area contributed by atoms with Gasteiger partial charge in [0.15, 0.2) is 0 Å². The van der Waals surface area contributed by atoms with Crippen LogP contribution in [0, 0.1) is 73.1 Å². The van der Waals surface area contributed by atoms with Gasteiger partial charge in [0.1, 0.15) is 5.75 Å². The molecule has 0 aliphatic heterocycles. The quantitative estimate of drug-likeness (QED) is 0.387. The summed E-state index contributed by atoms with van der Waals surface area (Å²) in [6, 6.07) is 0. The van der Waals surface area contributed by atoms with Crippen molar-refractivity contribution in [2.75, 3.05) is 0 Å². The van der Waals surface area contributed by atoms with E-state index < -0.39 is 0 Å². The molecule has 3 rings (SSSR count). The number of rotatable bonds is 5. The van der Waals surface area contributed by atoms with Gasteiger partial charge in [-0.05, 0) is 130 Å². The SMILES string of the molecule is CCCCCC1CC1c1c(C)c(C)c(C#Cc2c(C)c(C)c(O)c(C)c2C)c(C)c1C. The molecule has 1 saturated carbocycles. The van der Waals surface area contributed by atoms with Crippen LogP contribution in [0.5, 0.6) is 5.75 Å². The number of phenols is 1. The predicted octanol–water partition coefficient (Wildman–Crippen LogP) is 7.94. The first-order chi connectivity index (χ1) is 14.6. The minimum absolute atomic E-state index is 0.405. The third kappa shape index (κ3) is 4.27. The van der Waals surface area contributed by atoms with Crippen LogP contribution in [-0.2, 0) is 0 Å². The lowest BCUT2D eigenvalue weighted by molar-refractivity contribution is 0.465. The third-order valence-electron chi connectivity index (χ3n) is 8.05. The number of benzene rings is 2. The topological polar surface area (TPSA) is 20.2 Å². The summed E-state index contributed by atoms with van der Waals surface area (Å²) in [6.07, 6.45) is 6.79. The highest BCUT2D eigenvalue weighted by atomic mass is 16.3. The first-order valence-corrected chi connectivity index (χ1v) is 12.0. The molecule has 0 bridgehead atoms. The molecule has 166 valence electrons. The van der Waals surface area contributed by atoms with E-state index >= 15 is 0 Å². The van der Waals surface area contributed by atoms with E-state index in [2.05, 4.69) is 60.3 Å². The number of aromatic hydroxyl groups is 1. The van der Waals surface area contributed by atoms with E-state index in [0.717, 1.165) is 39.7 Å². The smallest absolute Gasteiger partial charge is 0.122 e. The summed E-state index contributed by atoms with van der Waals surface area (Å²) in [5, 5.41) is 10.4. The van der Waals surface area contributed by atoms with E-state index in [1.807, 2.05) is 13.8 Å². The van der Waals surface area contributed by atoms with E-state index in [1.165, 1.54) is 59.9 Å². The van der Waals surface area contributed by atoms with Crippen LogP contribution in [0.3, 0.4) is 0 Å². The lowest BCUT2D eigenvalue weighted by Crippen LogP contribution is -2.03. The molecule has 0 aromatic heterocycles. The Kier molecular flexibility index (Phi) is 6.90. The normalized spacial score (nSPS) is 17.5.